The molecule has 1 aliphatic rings. The van der Waals surface area contributed by atoms with Gasteiger partial charge < -0.3 is 15.0 Å². The van der Waals surface area contributed by atoms with Crippen LogP contribution in [0.1, 0.15) is 12.5 Å². The second kappa shape index (κ2) is 9.42. The molecule has 1 aliphatic heterocycles. The molecule has 0 spiro atoms. The first-order chi connectivity index (χ1) is 11.5. The van der Waals surface area contributed by atoms with Crippen LogP contribution in [0.15, 0.2) is 18.2 Å². The van der Waals surface area contributed by atoms with E-state index in [1.165, 1.54) is 0 Å². The minimum atomic E-state index is -0.175. The smallest absolute Gasteiger partial charge is 0.320 e. The van der Waals surface area contributed by atoms with Crippen LogP contribution >= 0.6 is 35.4 Å². The molecule has 1 aromatic carbocycles. The predicted molar refractivity (Wildman–Crippen MR) is 101 cm³/mol. The third-order valence-corrected chi connectivity index (χ3v) is 4.89. The van der Waals surface area contributed by atoms with E-state index in [0.29, 0.717) is 34.9 Å². The van der Waals surface area contributed by atoms with E-state index >= 15 is 0 Å². The van der Waals surface area contributed by atoms with Crippen molar-refractivity contribution < 1.29 is 9.53 Å². The van der Waals surface area contributed by atoms with E-state index in [1.54, 1.807) is 6.07 Å². The first kappa shape index (κ1) is 19.2. The van der Waals surface area contributed by atoms with Crippen molar-refractivity contribution in [3.8, 4) is 0 Å². The summed E-state index contributed by atoms with van der Waals surface area (Å²) in [6, 6.07) is 5.52. The molecule has 24 heavy (non-hydrogen) atoms. The molecular weight excluding hydrogens is 369 g/mol. The number of benzene rings is 1. The molecule has 0 saturated carbocycles. The first-order valence-electron chi connectivity index (χ1n) is 7.84. The maximum atomic E-state index is 11.5. The Kier molecular flexibility index (Phi) is 7.55. The second-order valence-corrected chi connectivity index (χ2v) is 6.68. The number of rotatable bonds is 5. The minimum Gasteiger partial charge on any atom is -0.465 e. The number of hydrogen-bond donors (Lipinski definition) is 1. The summed E-state index contributed by atoms with van der Waals surface area (Å²) in [4.78, 5) is 15.7. The lowest BCUT2D eigenvalue weighted by Gasteiger charge is -2.35. The summed E-state index contributed by atoms with van der Waals surface area (Å²) < 4.78 is 4.97. The third kappa shape index (κ3) is 5.77. The summed E-state index contributed by atoms with van der Waals surface area (Å²) in [7, 11) is 0. The molecule has 0 aromatic heterocycles. The fourth-order valence-corrected chi connectivity index (χ4v) is 3.01. The van der Waals surface area contributed by atoms with Crippen LogP contribution < -0.4 is 5.32 Å². The van der Waals surface area contributed by atoms with Gasteiger partial charge in [0.05, 0.1) is 23.2 Å². The van der Waals surface area contributed by atoms with Gasteiger partial charge in [-0.1, -0.05) is 29.3 Å². The molecule has 0 atom stereocenters. The molecule has 0 radical (unpaired) electrons. The van der Waals surface area contributed by atoms with Gasteiger partial charge in [0.25, 0.3) is 0 Å². The predicted octanol–water partition coefficient (Wildman–Crippen LogP) is 2.55. The van der Waals surface area contributed by atoms with Gasteiger partial charge >= 0.3 is 5.97 Å². The number of nitrogens with one attached hydrogen (secondary N) is 1. The average Bonchev–Trinajstić information content (AvgIpc) is 2.56. The van der Waals surface area contributed by atoms with Crippen molar-refractivity contribution in [3.63, 3.8) is 0 Å². The van der Waals surface area contributed by atoms with Crippen LogP contribution in [0.3, 0.4) is 0 Å². The lowest BCUT2D eigenvalue weighted by molar-refractivity contribution is -0.144. The fourth-order valence-electron chi connectivity index (χ4n) is 2.44. The Balaban J connectivity index is 1.74. The Morgan fingerprint density at radius 1 is 1.25 bits per heavy atom. The maximum absolute atomic E-state index is 11.5. The number of nitrogens with zero attached hydrogens (tertiary/aromatic N) is 2. The molecule has 1 heterocycles. The molecular formula is C16H21Cl2N3O2S. The Labute approximate surface area is 157 Å². The highest BCUT2D eigenvalue weighted by atomic mass is 35.5. The number of esters is 1. The highest BCUT2D eigenvalue weighted by Crippen LogP contribution is 2.22. The molecule has 2 rings (SSSR count). The van der Waals surface area contributed by atoms with E-state index in [4.69, 9.17) is 40.2 Å². The van der Waals surface area contributed by atoms with E-state index in [0.717, 1.165) is 31.7 Å². The zero-order valence-electron chi connectivity index (χ0n) is 13.6. The van der Waals surface area contributed by atoms with Gasteiger partial charge in [-0.3, -0.25) is 9.69 Å². The van der Waals surface area contributed by atoms with Crippen molar-refractivity contribution >= 4 is 46.5 Å². The molecule has 5 nitrogen and oxygen atoms in total. The largest absolute Gasteiger partial charge is 0.465 e. The first-order valence-corrected chi connectivity index (χ1v) is 9.00. The van der Waals surface area contributed by atoms with Crippen LogP contribution in [0.4, 0.5) is 0 Å². The Bertz CT molecular complexity index is 593. The van der Waals surface area contributed by atoms with Gasteiger partial charge in [0, 0.05) is 32.7 Å². The van der Waals surface area contributed by atoms with Crippen molar-refractivity contribution in [2.24, 2.45) is 0 Å². The van der Waals surface area contributed by atoms with Crippen LogP contribution in [0.2, 0.25) is 10.0 Å². The summed E-state index contributed by atoms with van der Waals surface area (Å²) in [5, 5.41) is 5.02. The Hall–Kier alpha value is -1.08. The van der Waals surface area contributed by atoms with E-state index in [1.807, 2.05) is 19.1 Å². The second-order valence-electron chi connectivity index (χ2n) is 5.48. The van der Waals surface area contributed by atoms with Gasteiger partial charge in [-0.05, 0) is 36.8 Å². The lowest BCUT2D eigenvalue weighted by atomic mass is 10.2. The van der Waals surface area contributed by atoms with Gasteiger partial charge in [0.15, 0.2) is 5.11 Å². The van der Waals surface area contributed by atoms with Crippen molar-refractivity contribution in [2.45, 2.75) is 13.5 Å². The van der Waals surface area contributed by atoms with Crippen LogP contribution in [0.25, 0.3) is 0 Å². The van der Waals surface area contributed by atoms with Crippen molar-refractivity contribution in [1.29, 1.82) is 0 Å². The topological polar surface area (TPSA) is 44.8 Å². The minimum absolute atomic E-state index is 0.175. The monoisotopic (exact) mass is 389 g/mol. The van der Waals surface area contributed by atoms with E-state index in [-0.39, 0.29) is 5.97 Å². The molecule has 1 aromatic rings. The number of hydrogen-bond acceptors (Lipinski definition) is 4. The number of piperazine rings is 1. The summed E-state index contributed by atoms with van der Waals surface area (Å²) in [6.45, 7) is 6.30. The zero-order chi connectivity index (χ0) is 17.5. The number of thiocarbonyl (C=S) groups is 1. The summed E-state index contributed by atoms with van der Waals surface area (Å²) in [6.07, 6.45) is 0. The summed E-state index contributed by atoms with van der Waals surface area (Å²) in [5.74, 6) is -0.175. The van der Waals surface area contributed by atoms with Crippen molar-refractivity contribution in [2.75, 3.05) is 39.3 Å². The highest BCUT2D eigenvalue weighted by molar-refractivity contribution is 7.80. The van der Waals surface area contributed by atoms with Crippen molar-refractivity contribution in [1.82, 2.24) is 15.1 Å². The molecule has 0 aliphatic carbocycles. The number of carbonyl (C=O) groups excluding carboxylic acids is 1. The zero-order valence-corrected chi connectivity index (χ0v) is 15.9. The molecule has 8 heteroatoms. The average molecular weight is 390 g/mol. The van der Waals surface area contributed by atoms with Crippen LogP contribution in [0.5, 0.6) is 0 Å². The molecule has 0 bridgehead atoms. The van der Waals surface area contributed by atoms with Gasteiger partial charge in [0.2, 0.25) is 0 Å². The summed E-state index contributed by atoms with van der Waals surface area (Å²) >= 11 is 17.4. The SMILES string of the molecule is CCOC(=O)CN1CCN(C(=S)NCc2ccc(Cl)c(Cl)c2)CC1. The Morgan fingerprint density at radius 2 is 1.96 bits per heavy atom. The number of ether oxygens (including phenoxy) is 1. The normalized spacial score (nSPS) is 15.2. The van der Waals surface area contributed by atoms with Gasteiger partial charge in [-0.2, -0.15) is 0 Å². The Morgan fingerprint density at radius 3 is 2.58 bits per heavy atom. The van der Waals surface area contributed by atoms with Crippen molar-refractivity contribution in [3.05, 3.63) is 33.8 Å². The standard InChI is InChI=1S/C16H21Cl2N3O2S/c1-2-23-15(22)11-20-5-7-21(8-6-20)16(24)19-10-12-3-4-13(17)14(18)9-12/h3-4,9H,2,5-8,10-11H2,1H3,(H,19,24). The maximum Gasteiger partial charge on any atom is 0.320 e. The van der Waals surface area contributed by atoms with E-state index < -0.39 is 0 Å². The quantitative estimate of drug-likeness (QED) is 0.616. The molecule has 132 valence electrons. The van der Waals surface area contributed by atoms with Gasteiger partial charge in [0.1, 0.15) is 0 Å². The van der Waals surface area contributed by atoms with E-state index in [2.05, 4.69) is 15.1 Å². The van der Waals surface area contributed by atoms with Crippen LogP contribution in [0, 0.1) is 0 Å². The number of halogens is 2. The molecule has 1 N–H and O–H groups in total. The number of carbonyl (C=O) groups is 1. The summed E-state index contributed by atoms with van der Waals surface area (Å²) in [5.41, 5.74) is 1.02. The lowest BCUT2D eigenvalue weighted by Crippen LogP contribution is -2.52. The van der Waals surface area contributed by atoms with Gasteiger partial charge in [-0.25, -0.2) is 0 Å². The fraction of sp³-hybridized carbons (Fsp3) is 0.500. The highest BCUT2D eigenvalue weighted by Gasteiger charge is 2.20. The van der Waals surface area contributed by atoms with E-state index in [9.17, 15) is 4.79 Å². The molecule has 0 amide bonds. The van der Waals surface area contributed by atoms with Crippen LogP contribution in [-0.4, -0.2) is 60.2 Å². The molecule has 1 fully saturated rings. The molecule has 0 unspecified atom stereocenters. The van der Waals surface area contributed by atoms with Crippen LogP contribution in [-0.2, 0) is 16.1 Å². The third-order valence-electron chi connectivity index (χ3n) is 3.75. The molecule has 1 saturated heterocycles. The van der Waals surface area contributed by atoms with Gasteiger partial charge in [-0.15, -0.1) is 0 Å².